The topological polar surface area (TPSA) is 78.0 Å². The summed E-state index contributed by atoms with van der Waals surface area (Å²) in [5.74, 6) is 0.133. The minimum atomic E-state index is -4.71. The number of anilines is 1. The highest BCUT2D eigenvalue weighted by Crippen LogP contribution is 2.23. The maximum Gasteiger partial charge on any atom is 0.573 e. The lowest BCUT2D eigenvalue weighted by Crippen LogP contribution is -2.16. The van der Waals surface area contributed by atoms with Crippen LogP contribution in [0.2, 0.25) is 0 Å². The van der Waals surface area contributed by atoms with Gasteiger partial charge in [0.15, 0.2) is 0 Å². The molecule has 7 nitrogen and oxygen atoms in total. The molecule has 2 heterocycles. The van der Waals surface area contributed by atoms with Crippen LogP contribution >= 0.6 is 0 Å². The molecule has 0 aliphatic carbocycles. The quantitative estimate of drug-likeness (QED) is 0.265. The number of unbranched alkanes of at least 4 members (excludes halogenated alkanes) is 1. The Hall–Kier alpha value is -4.08. The van der Waals surface area contributed by atoms with E-state index in [1.165, 1.54) is 29.8 Å². The third-order valence-electron chi connectivity index (χ3n) is 5.10. The molecular weight excluding hydrogens is 459 g/mol. The summed E-state index contributed by atoms with van der Waals surface area (Å²) in [6, 6.07) is 13.8. The van der Waals surface area contributed by atoms with Crippen molar-refractivity contribution < 1.29 is 22.3 Å². The summed E-state index contributed by atoms with van der Waals surface area (Å²) >= 11 is 0. The van der Waals surface area contributed by atoms with Crippen LogP contribution in [-0.2, 0) is 19.5 Å². The van der Waals surface area contributed by atoms with E-state index in [-0.39, 0.29) is 5.75 Å². The molecule has 10 heteroatoms. The minimum Gasteiger partial charge on any atom is -0.445 e. The molecule has 0 spiro atoms. The number of ether oxygens (including phenoxy) is 1. The number of rotatable bonds is 11. The van der Waals surface area contributed by atoms with Crippen LogP contribution < -0.4 is 10.1 Å². The molecule has 0 bridgehead atoms. The van der Waals surface area contributed by atoms with Crippen molar-refractivity contribution in [3.8, 4) is 5.75 Å². The summed E-state index contributed by atoms with van der Waals surface area (Å²) in [4.78, 5) is 4.39. The van der Waals surface area contributed by atoms with Crippen LogP contribution in [0.1, 0.15) is 35.6 Å². The molecule has 0 aliphatic heterocycles. The maximum atomic E-state index is 12.2. The van der Waals surface area contributed by atoms with Gasteiger partial charge in [0.25, 0.3) is 0 Å². The molecule has 0 amide bonds. The van der Waals surface area contributed by atoms with Crippen molar-refractivity contribution in [3.63, 3.8) is 0 Å². The Balaban J connectivity index is 1.20. The van der Waals surface area contributed by atoms with Crippen molar-refractivity contribution in [1.29, 1.82) is 0 Å². The number of alkyl halides is 3. The number of benzene rings is 2. The largest absolute Gasteiger partial charge is 0.573 e. The second kappa shape index (κ2) is 11.4. The lowest BCUT2D eigenvalue weighted by molar-refractivity contribution is -0.274. The standard InChI is InChI=1S/C25H24F3N5O2/c26-25(27,28)35-23-11-6-20(7-12-23)8-13-24-31-22(18-34-24)17-29-21-9-4-19(5-10-21)3-1-2-15-33-16-14-30-32-33/h4-14,16,18,29H,1-3,15,17H2. The van der Waals surface area contributed by atoms with E-state index in [9.17, 15) is 13.2 Å². The zero-order valence-corrected chi connectivity index (χ0v) is 18.8. The van der Waals surface area contributed by atoms with Crippen LogP contribution in [0.4, 0.5) is 18.9 Å². The number of oxazole rings is 1. The van der Waals surface area contributed by atoms with E-state index in [0.29, 0.717) is 18.0 Å². The van der Waals surface area contributed by atoms with Crippen LogP contribution in [0.3, 0.4) is 0 Å². The van der Waals surface area contributed by atoms with Crippen LogP contribution in [0.5, 0.6) is 5.75 Å². The highest BCUT2D eigenvalue weighted by atomic mass is 19.4. The number of aryl methyl sites for hydroxylation is 2. The summed E-state index contributed by atoms with van der Waals surface area (Å²) in [5, 5.41) is 11.1. The number of hydrogen-bond donors (Lipinski definition) is 1. The lowest BCUT2D eigenvalue weighted by Gasteiger charge is -2.08. The molecule has 2 aromatic heterocycles. The van der Waals surface area contributed by atoms with E-state index < -0.39 is 6.36 Å². The van der Waals surface area contributed by atoms with Gasteiger partial charge in [-0.3, -0.25) is 4.68 Å². The highest BCUT2D eigenvalue weighted by Gasteiger charge is 2.30. The SMILES string of the molecule is FC(F)(F)Oc1ccc(C=Cc2nc(CNc3ccc(CCCCn4ccnn4)cc3)co2)cc1. The van der Waals surface area contributed by atoms with Crippen LogP contribution in [0, 0.1) is 0 Å². The molecule has 0 saturated carbocycles. The Morgan fingerprint density at radius 1 is 1.00 bits per heavy atom. The predicted molar refractivity (Wildman–Crippen MR) is 125 cm³/mol. The summed E-state index contributed by atoms with van der Waals surface area (Å²) < 4.78 is 47.8. The molecule has 0 atom stereocenters. The molecule has 35 heavy (non-hydrogen) atoms. The summed E-state index contributed by atoms with van der Waals surface area (Å²) in [6.07, 6.45) is 6.89. The summed E-state index contributed by atoms with van der Waals surface area (Å²) in [5.41, 5.74) is 3.69. The summed E-state index contributed by atoms with van der Waals surface area (Å²) in [6.45, 7) is 1.37. The van der Waals surface area contributed by atoms with E-state index in [0.717, 1.165) is 37.2 Å². The van der Waals surface area contributed by atoms with Gasteiger partial charge in [0.05, 0.1) is 18.4 Å². The lowest BCUT2D eigenvalue weighted by atomic mass is 10.1. The first-order valence-electron chi connectivity index (χ1n) is 11.1. The zero-order chi connectivity index (χ0) is 24.5. The maximum absolute atomic E-state index is 12.2. The first-order chi connectivity index (χ1) is 16.9. The molecule has 4 aromatic rings. The molecule has 1 N–H and O–H groups in total. The molecule has 182 valence electrons. The van der Waals surface area contributed by atoms with E-state index in [1.807, 2.05) is 23.0 Å². The van der Waals surface area contributed by atoms with E-state index in [2.05, 4.69) is 37.5 Å². The molecule has 0 saturated heterocycles. The van der Waals surface area contributed by atoms with Crippen LogP contribution in [-0.4, -0.2) is 26.3 Å². The first kappa shape index (κ1) is 24.1. The van der Waals surface area contributed by atoms with Gasteiger partial charge < -0.3 is 14.5 Å². The normalized spacial score (nSPS) is 11.7. The van der Waals surface area contributed by atoms with Gasteiger partial charge in [0, 0.05) is 24.5 Å². The van der Waals surface area contributed by atoms with Gasteiger partial charge in [-0.1, -0.05) is 29.5 Å². The molecule has 0 fully saturated rings. The molecule has 0 unspecified atom stereocenters. The number of nitrogens with zero attached hydrogens (tertiary/aromatic N) is 4. The monoisotopic (exact) mass is 483 g/mol. The number of hydrogen-bond acceptors (Lipinski definition) is 6. The Kier molecular flexibility index (Phi) is 7.81. The van der Waals surface area contributed by atoms with Gasteiger partial charge in [-0.25, -0.2) is 4.98 Å². The van der Waals surface area contributed by atoms with Crippen molar-refractivity contribution in [3.05, 3.63) is 89.9 Å². The van der Waals surface area contributed by atoms with E-state index >= 15 is 0 Å². The minimum absolute atomic E-state index is 0.268. The smallest absolute Gasteiger partial charge is 0.445 e. The average molecular weight is 483 g/mol. The first-order valence-corrected chi connectivity index (χ1v) is 11.1. The van der Waals surface area contributed by atoms with Gasteiger partial charge in [0.1, 0.15) is 12.0 Å². The van der Waals surface area contributed by atoms with Gasteiger partial charge in [0.2, 0.25) is 5.89 Å². The van der Waals surface area contributed by atoms with Crippen molar-refractivity contribution in [2.45, 2.75) is 38.7 Å². The van der Waals surface area contributed by atoms with Crippen molar-refractivity contribution in [1.82, 2.24) is 20.0 Å². The number of aromatic nitrogens is 4. The average Bonchev–Trinajstić information content (AvgIpc) is 3.52. The van der Waals surface area contributed by atoms with Crippen molar-refractivity contribution >= 4 is 17.8 Å². The summed E-state index contributed by atoms with van der Waals surface area (Å²) in [7, 11) is 0. The Labute approximate surface area is 200 Å². The fraction of sp³-hybridized carbons (Fsp3) is 0.240. The molecule has 2 aromatic carbocycles. The van der Waals surface area contributed by atoms with Gasteiger partial charge >= 0.3 is 6.36 Å². The fourth-order valence-electron chi connectivity index (χ4n) is 3.37. The molecule has 0 radical (unpaired) electrons. The Morgan fingerprint density at radius 2 is 1.80 bits per heavy atom. The van der Waals surface area contributed by atoms with E-state index in [4.69, 9.17) is 4.42 Å². The highest BCUT2D eigenvalue weighted by molar-refractivity contribution is 5.66. The van der Waals surface area contributed by atoms with Crippen molar-refractivity contribution in [2.24, 2.45) is 0 Å². The zero-order valence-electron chi connectivity index (χ0n) is 18.8. The second-order valence-electron chi connectivity index (χ2n) is 7.80. The van der Waals surface area contributed by atoms with Gasteiger partial charge in [-0.05, 0) is 60.7 Å². The van der Waals surface area contributed by atoms with E-state index in [1.54, 1.807) is 24.6 Å². The Morgan fingerprint density at radius 3 is 2.51 bits per heavy atom. The van der Waals surface area contributed by atoms with Gasteiger partial charge in [-0.15, -0.1) is 18.3 Å². The van der Waals surface area contributed by atoms with Crippen LogP contribution in [0.15, 0.2) is 71.6 Å². The predicted octanol–water partition coefficient (Wildman–Crippen LogP) is 5.97. The number of halogens is 3. The number of nitrogens with one attached hydrogen (secondary N) is 1. The second-order valence-corrected chi connectivity index (χ2v) is 7.80. The van der Waals surface area contributed by atoms with Gasteiger partial charge in [-0.2, -0.15) is 0 Å². The van der Waals surface area contributed by atoms with Crippen LogP contribution in [0.25, 0.3) is 12.2 Å². The third-order valence-corrected chi connectivity index (χ3v) is 5.10. The molecular formula is C25H24F3N5O2. The Bertz CT molecular complexity index is 1200. The molecule has 4 rings (SSSR count). The fourth-order valence-corrected chi connectivity index (χ4v) is 3.37. The third kappa shape index (κ3) is 8.02. The molecule has 0 aliphatic rings. The van der Waals surface area contributed by atoms with Crippen molar-refractivity contribution in [2.75, 3.05) is 5.32 Å².